The Balaban J connectivity index is 1.48. The van der Waals surface area contributed by atoms with Crippen molar-refractivity contribution in [3.63, 3.8) is 0 Å². The molecule has 0 amide bonds. The lowest BCUT2D eigenvalue weighted by atomic mass is 10.2. The van der Waals surface area contributed by atoms with Crippen LogP contribution in [-0.4, -0.2) is 15.1 Å². The van der Waals surface area contributed by atoms with Gasteiger partial charge in [0.2, 0.25) is 11.7 Å². The molecule has 7 heteroatoms. The van der Waals surface area contributed by atoms with Crippen molar-refractivity contribution in [3.8, 4) is 5.75 Å². The summed E-state index contributed by atoms with van der Waals surface area (Å²) in [6.07, 6.45) is 4.19. The van der Waals surface area contributed by atoms with Gasteiger partial charge in [0, 0.05) is 24.5 Å². The van der Waals surface area contributed by atoms with Crippen LogP contribution in [-0.2, 0) is 19.6 Å². The number of nitrogens with one attached hydrogen (secondary N) is 1. The van der Waals surface area contributed by atoms with Crippen LogP contribution in [0.25, 0.3) is 0 Å². The van der Waals surface area contributed by atoms with Crippen LogP contribution in [0.1, 0.15) is 35.5 Å². The van der Waals surface area contributed by atoms with Crippen LogP contribution in [0.3, 0.4) is 0 Å². The first-order valence-corrected chi connectivity index (χ1v) is 8.74. The molecule has 0 aliphatic carbocycles. The SMILES string of the molecule is CCCc1cnc(NCc2ccc(OCc3noc(C)n3)cc2)s1. The number of anilines is 1. The van der Waals surface area contributed by atoms with Crippen LogP contribution in [0.2, 0.25) is 0 Å². The highest BCUT2D eigenvalue weighted by Crippen LogP contribution is 2.20. The Hall–Kier alpha value is -2.41. The second-order valence-electron chi connectivity index (χ2n) is 5.40. The summed E-state index contributed by atoms with van der Waals surface area (Å²) in [4.78, 5) is 9.82. The number of hydrogen-bond acceptors (Lipinski definition) is 7. The van der Waals surface area contributed by atoms with Crippen molar-refractivity contribution in [1.82, 2.24) is 15.1 Å². The van der Waals surface area contributed by atoms with E-state index in [1.807, 2.05) is 30.5 Å². The lowest BCUT2D eigenvalue weighted by Gasteiger charge is -2.06. The summed E-state index contributed by atoms with van der Waals surface area (Å²) in [6.45, 7) is 4.97. The van der Waals surface area contributed by atoms with Gasteiger partial charge in [-0.15, -0.1) is 11.3 Å². The molecule has 1 N–H and O–H groups in total. The molecule has 0 spiro atoms. The monoisotopic (exact) mass is 344 g/mol. The minimum Gasteiger partial charge on any atom is -0.485 e. The van der Waals surface area contributed by atoms with Gasteiger partial charge in [0.15, 0.2) is 11.7 Å². The molecule has 126 valence electrons. The van der Waals surface area contributed by atoms with Crippen LogP contribution in [0.15, 0.2) is 35.0 Å². The van der Waals surface area contributed by atoms with Crippen molar-refractivity contribution in [2.45, 2.75) is 39.8 Å². The summed E-state index contributed by atoms with van der Waals surface area (Å²) in [5, 5.41) is 8.12. The van der Waals surface area contributed by atoms with Gasteiger partial charge in [-0.05, 0) is 24.1 Å². The molecule has 0 bridgehead atoms. The summed E-state index contributed by atoms with van der Waals surface area (Å²) in [5.41, 5.74) is 1.17. The zero-order valence-electron chi connectivity index (χ0n) is 13.8. The number of ether oxygens (including phenoxy) is 1. The third-order valence-corrected chi connectivity index (χ3v) is 4.37. The van der Waals surface area contributed by atoms with E-state index >= 15 is 0 Å². The molecule has 0 saturated carbocycles. The van der Waals surface area contributed by atoms with E-state index in [4.69, 9.17) is 9.26 Å². The first-order chi connectivity index (χ1) is 11.7. The second-order valence-corrected chi connectivity index (χ2v) is 6.51. The van der Waals surface area contributed by atoms with E-state index in [1.165, 1.54) is 10.4 Å². The fourth-order valence-corrected chi connectivity index (χ4v) is 3.09. The van der Waals surface area contributed by atoms with Gasteiger partial charge in [0.05, 0.1) is 0 Å². The molecule has 6 nitrogen and oxygen atoms in total. The molecule has 1 aromatic carbocycles. The summed E-state index contributed by atoms with van der Waals surface area (Å²) < 4.78 is 10.5. The van der Waals surface area contributed by atoms with Gasteiger partial charge < -0.3 is 14.6 Å². The molecule has 0 atom stereocenters. The van der Waals surface area contributed by atoms with Gasteiger partial charge in [-0.2, -0.15) is 4.98 Å². The molecule has 0 radical (unpaired) electrons. The summed E-state index contributed by atoms with van der Waals surface area (Å²) in [5.74, 6) is 1.87. The zero-order chi connectivity index (χ0) is 16.8. The second kappa shape index (κ2) is 7.92. The highest BCUT2D eigenvalue weighted by molar-refractivity contribution is 7.15. The van der Waals surface area contributed by atoms with Crippen molar-refractivity contribution in [2.24, 2.45) is 0 Å². The van der Waals surface area contributed by atoms with Gasteiger partial charge in [0.25, 0.3) is 0 Å². The van der Waals surface area contributed by atoms with Crippen LogP contribution in [0, 0.1) is 6.92 Å². The third-order valence-electron chi connectivity index (χ3n) is 3.35. The highest BCUT2D eigenvalue weighted by atomic mass is 32.1. The Bertz CT molecular complexity index is 767. The van der Waals surface area contributed by atoms with Crippen LogP contribution >= 0.6 is 11.3 Å². The molecule has 24 heavy (non-hydrogen) atoms. The van der Waals surface area contributed by atoms with Gasteiger partial charge in [0.1, 0.15) is 5.75 Å². The number of rotatable bonds is 8. The molecule has 3 aromatic rings. The molecule has 2 heterocycles. The van der Waals surface area contributed by atoms with E-state index in [0.29, 0.717) is 18.3 Å². The Kier molecular flexibility index (Phi) is 5.43. The fraction of sp³-hybridized carbons (Fsp3) is 0.353. The Morgan fingerprint density at radius 2 is 2.08 bits per heavy atom. The van der Waals surface area contributed by atoms with Crippen molar-refractivity contribution < 1.29 is 9.26 Å². The smallest absolute Gasteiger partial charge is 0.223 e. The number of benzene rings is 1. The molecule has 0 fully saturated rings. The largest absolute Gasteiger partial charge is 0.485 e. The van der Waals surface area contributed by atoms with Gasteiger partial charge in [-0.25, -0.2) is 4.98 Å². The van der Waals surface area contributed by atoms with Crippen molar-refractivity contribution >= 4 is 16.5 Å². The van der Waals surface area contributed by atoms with E-state index in [0.717, 1.165) is 30.3 Å². The number of hydrogen-bond donors (Lipinski definition) is 1. The Morgan fingerprint density at radius 3 is 2.79 bits per heavy atom. The van der Waals surface area contributed by atoms with Gasteiger partial charge in [-0.1, -0.05) is 30.6 Å². The quantitative estimate of drug-likeness (QED) is 0.666. The van der Waals surface area contributed by atoms with E-state index in [1.54, 1.807) is 18.3 Å². The molecule has 0 aliphatic heterocycles. The topological polar surface area (TPSA) is 73.1 Å². The first kappa shape index (κ1) is 16.4. The van der Waals surface area contributed by atoms with E-state index in [2.05, 4.69) is 27.4 Å². The summed E-state index contributed by atoms with van der Waals surface area (Å²) in [7, 11) is 0. The number of aromatic nitrogens is 3. The van der Waals surface area contributed by atoms with Gasteiger partial charge in [-0.3, -0.25) is 0 Å². The predicted molar refractivity (Wildman–Crippen MR) is 93.2 cm³/mol. The third kappa shape index (κ3) is 4.55. The molecule has 0 saturated heterocycles. The fourth-order valence-electron chi connectivity index (χ4n) is 2.18. The average Bonchev–Trinajstić information content (AvgIpc) is 3.21. The van der Waals surface area contributed by atoms with E-state index in [9.17, 15) is 0 Å². The lowest BCUT2D eigenvalue weighted by molar-refractivity contribution is 0.285. The molecule has 2 aromatic heterocycles. The van der Waals surface area contributed by atoms with Crippen LogP contribution < -0.4 is 10.1 Å². The zero-order valence-corrected chi connectivity index (χ0v) is 14.6. The minimum atomic E-state index is 0.300. The van der Waals surface area contributed by atoms with Crippen LogP contribution in [0.4, 0.5) is 5.13 Å². The maximum absolute atomic E-state index is 5.64. The molecular formula is C17H20N4O2S. The summed E-state index contributed by atoms with van der Waals surface area (Å²) >= 11 is 1.72. The van der Waals surface area contributed by atoms with Crippen molar-refractivity contribution in [2.75, 3.05) is 5.32 Å². The van der Waals surface area contributed by atoms with E-state index < -0.39 is 0 Å². The lowest BCUT2D eigenvalue weighted by Crippen LogP contribution is -2.00. The average molecular weight is 344 g/mol. The number of aryl methyl sites for hydroxylation is 2. The predicted octanol–water partition coefficient (Wildman–Crippen LogP) is 3.98. The van der Waals surface area contributed by atoms with Crippen molar-refractivity contribution in [3.05, 3.63) is 52.6 Å². The molecule has 0 aliphatic rings. The molecule has 3 rings (SSSR count). The standard InChI is InChI=1S/C17H20N4O2S/c1-3-4-15-10-19-17(24-15)18-9-13-5-7-14(8-6-13)22-11-16-20-12(2)23-21-16/h5-8,10H,3-4,9,11H2,1-2H3,(H,18,19). The Morgan fingerprint density at radius 1 is 1.25 bits per heavy atom. The number of thiazole rings is 1. The molecule has 0 unspecified atom stereocenters. The van der Waals surface area contributed by atoms with E-state index in [-0.39, 0.29) is 0 Å². The van der Waals surface area contributed by atoms with Crippen LogP contribution in [0.5, 0.6) is 5.75 Å². The normalized spacial score (nSPS) is 10.8. The van der Waals surface area contributed by atoms with Crippen molar-refractivity contribution in [1.29, 1.82) is 0 Å². The molecular weight excluding hydrogens is 324 g/mol. The summed E-state index contributed by atoms with van der Waals surface area (Å²) in [6, 6.07) is 7.94. The Labute approximate surface area is 144 Å². The number of nitrogens with zero attached hydrogens (tertiary/aromatic N) is 3. The van der Waals surface area contributed by atoms with Gasteiger partial charge >= 0.3 is 0 Å². The first-order valence-electron chi connectivity index (χ1n) is 7.92. The minimum absolute atomic E-state index is 0.300. The highest BCUT2D eigenvalue weighted by Gasteiger charge is 2.04. The maximum Gasteiger partial charge on any atom is 0.223 e. The maximum atomic E-state index is 5.64.